The smallest absolute Gasteiger partial charge is 0.308 e. The number of hydrogen-bond acceptors (Lipinski definition) is 4. The summed E-state index contributed by atoms with van der Waals surface area (Å²) in [5.74, 6) is 0.450. The molecule has 1 unspecified atom stereocenters. The third kappa shape index (κ3) is 4.02. The van der Waals surface area contributed by atoms with E-state index in [1.54, 1.807) is 6.20 Å². The van der Waals surface area contributed by atoms with Gasteiger partial charge in [0.05, 0.1) is 6.42 Å². The third-order valence-corrected chi connectivity index (χ3v) is 2.28. The highest BCUT2D eigenvalue weighted by molar-refractivity contribution is 5.69. The fourth-order valence-corrected chi connectivity index (χ4v) is 1.37. The van der Waals surface area contributed by atoms with Crippen LogP contribution in [0.25, 0.3) is 0 Å². The molecule has 0 aliphatic heterocycles. The van der Waals surface area contributed by atoms with Gasteiger partial charge >= 0.3 is 5.97 Å². The number of hydrogen-bond donors (Lipinski definition) is 1. The first-order valence-corrected chi connectivity index (χ1v) is 5.47. The first-order valence-electron chi connectivity index (χ1n) is 5.47. The molecule has 0 aliphatic carbocycles. The van der Waals surface area contributed by atoms with Gasteiger partial charge in [-0.1, -0.05) is 13.3 Å². The molecule has 0 bridgehead atoms. The van der Waals surface area contributed by atoms with Crippen LogP contribution >= 0.6 is 0 Å². The summed E-state index contributed by atoms with van der Waals surface area (Å²) >= 11 is 0. The van der Waals surface area contributed by atoms with Crippen LogP contribution in [0.5, 0.6) is 0 Å². The zero-order valence-electron chi connectivity index (χ0n) is 9.72. The van der Waals surface area contributed by atoms with Crippen molar-refractivity contribution in [2.45, 2.75) is 38.9 Å². The zero-order valence-corrected chi connectivity index (χ0v) is 9.72. The lowest BCUT2D eigenvalue weighted by molar-refractivity contribution is -0.168. The van der Waals surface area contributed by atoms with Crippen LogP contribution < -0.4 is 0 Å². The monoisotopic (exact) mass is 226 g/mol. The number of esters is 1. The lowest BCUT2D eigenvalue weighted by Crippen LogP contribution is -2.18. The molecule has 0 fully saturated rings. The van der Waals surface area contributed by atoms with Gasteiger partial charge in [0.15, 0.2) is 0 Å². The molecular weight excluding hydrogens is 208 g/mol. The molecule has 1 atom stereocenters. The third-order valence-electron chi connectivity index (χ3n) is 2.28. The van der Waals surface area contributed by atoms with Crippen molar-refractivity contribution in [3.8, 4) is 0 Å². The van der Waals surface area contributed by atoms with Crippen LogP contribution in [0.4, 0.5) is 0 Å². The summed E-state index contributed by atoms with van der Waals surface area (Å²) in [6.45, 7) is 1.92. The SMILES string of the molecule is CCCC(O)OC(=O)CCc1nccn1C. The number of imidazole rings is 1. The number of carbonyl (C=O) groups excluding carboxylic acids is 1. The second-order valence-electron chi connectivity index (χ2n) is 3.69. The van der Waals surface area contributed by atoms with Crippen LogP contribution in [0.3, 0.4) is 0 Å². The number of aliphatic hydroxyl groups excluding tert-OH is 1. The Morgan fingerprint density at radius 2 is 2.44 bits per heavy atom. The minimum atomic E-state index is -0.973. The van der Waals surface area contributed by atoms with E-state index in [2.05, 4.69) is 4.98 Å². The van der Waals surface area contributed by atoms with E-state index in [4.69, 9.17) is 4.74 Å². The number of aliphatic hydroxyl groups is 1. The topological polar surface area (TPSA) is 64.3 Å². The first kappa shape index (κ1) is 12.7. The minimum absolute atomic E-state index is 0.242. The van der Waals surface area contributed by atoms with E-state index in [-0.39, 0.29) is 12.4 Å². The second kappa shape index (κ2) is 6.27. The Hall–Kier alpha value is -1.36. The fraction of sp³-hybridized carbons (Fsp3) is 0.636. The Balaban J connectivity index is 2.28. The average Bonchev–Trinajstić information content (AvgIpc) is 2.61. The number of carbonyl (C=O) groups is 1. The van der Waals surface area contributed by atoms with E-state index in [9.17, 15) is 9.90 Å². The molecule has 1 rings (SSSR count). The largest absolute Gasteiger partial charge is 0.436 e. The van der Waals surface area contributed by atoms with E-state index in [0.717, 1.165) is 12.2 Å². The summed E-state index contributed by atoms with van der Waals surface area (Å²) in [6.07, 6.45) is 4.58. The quantitative estimate of drug-likeness (QED) is 0.581. The molecule has 0 radical (unpaired) electrons. The molecule has 1 heterocycles. The van der Waals surface area contributed by atoms with Crippen molar-refractivity contribution in [3.05, 3.63) is 18.2 Å². The van der Waals surface area contributed by atoms with Gasteiger partial charge in [0, 0.05) is 32.3 Å². The maximum absolute atomic E-state index is 11.3. The molecule has 1 aromatic rings. The highest BCUT2D eigenvalue weighted by Gasteiger charge is 2.11. The van der Waals surface area contributed by atoms with Gasteiger partial charge in [-0.2, -0.15) is 0 Å². The lowest BCUT2D eigenvalue weighted by Gasteiger charge is -2.10. The first-order chi connectivity index (χ1) is 7.63. The molecule has 0 aromatic carbocycles. The predicted molar refractivity (Wildman–Crippen MR) is 58.5 cm³/mol. The van der Waals surface area contributed by atoms with Crippen LogP contribution in [0.2, 0.25) is 0 Å². The molecule has 16 heavy (non-hydrogen) atoms. The van der Waals surface area contributed by atoms with Crippen LogP contribution in [0.1, 0.15) is 32.0 Å². The number of aryl methyl sites for hydroxylation is 2. The van der Waals surface area contributed by atoms with Crippen molar-refractivity contribution in [1.82, 2.24) is 9.55 Å². The van der Waals surface area contributed by atoms with E-state index in [1.807, 2.05) is 24.7 Å². The maximum Gasteiger partial charge on any atom is 0.308 e. The zero-order chi connectivity index (χ0) is 12.0. The molecule has 0 saturated heterocycles. The second-order valence-corrected chi connectivity index (χ2v) is 3.69. The van der Waals surface area contributed by atoms with E-state index >= 15 is 0 Å². The fourth-order valence-electron chi connectivity index (χ4n) is 1.37. The summed E-state index contributed by atoms with van der Waals surface area (Å²) in [5, 5.41) is 9.27. The van der Waals surface area contributed by atoms with Crippen molar-refractivity contribution in [3.63, 3.8) is 0 Å². The molecule has 5 heteroatoms. The van der Waals surface area contributed by atoms with E-state index in [1.165, 1.54) is 0 Å². The Morgan fingerprint density at radius 1 is 1.69 bits per heavy atom. The lowest BCUT2D eigenvalue weighted by atomic mass is 10.3. The Labute approximate surface area is 95.1 Å². The standard InChI is InChI=1S/C11H18N2O3/c1-3-4-10(14)16-11(15)6-5-9-12-7-8-13(9)2/h7-8,10,14H,3-6H2,1-2H3. The van der Waals surface area contributed by atoms with Gasteiger partial charge in [-0.05, 0) is 0 Å². The summed E-state index contributed by atoms with van der Waals surface area (Å²) in [7, 11) is 1.87. The Kier molecular flexibility index (Phi) is 4.98. The number of rotatable bonds is 6. The molecule has 0 saturated carbocycles. The number of ether oxygens (including phenoxy) is 1. The Morgan fingerprint density at radius 3 is 3.00 bits per heavy atom. The van der Waals surface area contributed by atoms with Crippen molar-refractivity contribution in [1.29, 1.82) is 0 Å². The van der Waals surface area contributed by atoms with Crippen molar-refractivity contribution >= 4 is 5.97 Å². The molecular formula is C11H18N2O3. The van der Waals surface area contributed by atoms with Gasteiger partial charge in [0.25, 0.3) is 0 Å². The van der Waals surface area contributed by atoms with Gasteiger partial charge in [-0.25, -0.2) is 4.98 Å². The average molecular weight is 226 g/mol. The molecule has 0 aliphatic rings. The molecule has 1 N–H and O–H groups in total. The Bertz CT molecular complexity index is 336. The van der Waals surface area contributed by atoms with Crippen LogP contribution in [0, 0.1) is 0 Å². The van der Waals surface area contributed by atoms with Crippen molar-refractivity contribution in [2.75, 3.05) is 0 Å². The van der Waals surface area contributed by atoms with Crippen LogP contribution in [-0.2, 0) is 23.0 Å². The highest BCUT2D eigenvalue weighted by atomic mass is 16.6. The molecule has 90 valence electrons. The summed E-state index contributed by atoms with van der Waals surface area (Å²) in [4.78, 5) is 15.4. The predicted octanol–water partition coefficient (Wildman–Crippen LogP) is 1.01. The minimum Gasteiger partial charge on any atom is -0.436 e. The molecule has 0 spiro atoms. The summed E-state index contributed by atoms with van der Waals surface area (Å²) in [5.41, 5.74) is 0. The van der Waals surface area contributed by atoms with Crippen molar-refractivity contribution < 1.29 is 14.6 Å². The molecule has 1 aromatic heterocycles. The van der Waals surface area contributed by atoms with Gasteiger partial charge in [0.1, 0.15) is 5.82 Å². The maximum atomic E-state index is 11.3. The van der Waals surface area contributed by atoms with Gasteiger partial charge in [0.2, 0.25) is 6.29 Å². The summed E-state index contributed by atoms with van der Waals surface area (Å²) < 4.78 is 6.67. The van der Waals surface area contributed by atoms with Crippen LogP contribution in [0.15, 0.2) is 12.4 Å². The normalized spacial score (nSPS) is 12.4. The van der Waals surface area contributed by atoms with E-state index in [0.29, 0.717) is 12.8 Å². The van der Waals surface area contributed by atoms with Gasteiger partial charge < -0.3 is 14.4 Å². The van der Waals surface area contributed by atoms with Crippen molar-refractivity contribution in [2.24, 2.45) is 7.05 Å². The van der Waals surface area contributed by atoms with Gasteiger partial charge in [-0.15, -0.1) is 0 Å². The van der Waals surface area contributed by atoms with E-state index < -0.39 is 6.29 Å². The molecule has 5 nitrogen and oxygen atoms in total. The van der Waals surface area contributed by atoms with Gasteiger partial charge in [-0.3, -0.25) is 4.79 Å². The highest BCUT2D eigenvalue weighted by Crippen LogP contribution is 2.04. The van der Waals surface area contributed by atoms with Crippen LogP contribution in [-0.4, -0.2) is 26.9 Å². The molecule has 0 amide bonds. The summed E-state index contributed by atoms with van der Waals surface area (Å²) in [6, 6.07) is 0. The number of aromatic nitrogens is 2. The number of nitrogens with zero attached hydrogens (tertiary/aromatic N) is 2.